The van der Waals surface area contributed by atoms with Crippen LogP contribution < -0.4 is 9.47 Å². The van der Waals surface area contributed by atoms with Crippen LogP contribution in [0.2, 0.25) is 0 Å². The third kappa shape index (κ3) is 6.28. The Hall–Kier alpha value is -4.95. The normalized spacial score (nSPS) is 11.9. The topological polar surface area (TPSA) is 79.9 Å². The van der Waals surface area contributed by atoms with E-state index in [2.05, 4.69) is 29.6 Å². The highest BCUT2D eigenvalue weighted by molar-refractivity contribution is 5.71. The number of hydrogen-bond acceptors (Lipinski definition) is 6. The predicted octanol–water partition coefficient (Wildman–Crippen LogP) is 6.62. The monoisotopic (exact) mass is 578 g/mol. The van der Waals surface area contributed by atoms with Crippen LogP contribution in [0.15, 0.2) is 73.1 Å². The van der Waals surface area contributed by atoms with Gasteiger partial charge in [0, 0.05) is 29.9 Å². The molecule has 0 radical (unpaired) electrons. The number of rotatable bonds is 8. The largest absolute Gasteiger partial charge is 0.435 e. The minimum Gasteiger partial charge on any atom is -0.435 e. The molecule has 0 N–H and O–H groups in total. The summed E-state index contributed by atoms with van der Waals surface area (Å²) in [7, 11) is 1.59. The molecule has 2 aromatic carbocycles. The minimum absolute atomic E-state index is 0.0763. The molecule has 5 rings (SSSR count). The van der Waals surface area contributed by atoms with E-state index in [1.54, 1.807) is 7.05 Å². The summed E-state index contributed by atoms with van der Waals surface area (Å²) in [5.41, 5.74) is 0.161. The van der Waals surface area contributed by atoms with Gasteiger partial charge in [-0.15, -0.1) is 0 Å². The number of hydrogen-bond donors (Lipinski definition) is 0. The maximum Gasteiger partial charge on any atom is 0.433 e. The van der Waals surface area contributed by atoms with Crippen LogP contribution in [0.5, 0.6) is 11.5 Å². The van der Waals surface area contributed by atoms with Crippen LogP contribution in [-0.4, -0.2) is 42.8 Å². The lowest BCUT2D eigenvalue weighted by molar-refractivity contribution is -0.141. The summed E-state index contributed by atoms with van der Waals surface area (Å²) in [6, 6.07) is 13.0. The van der Waals surface area contributed by atoms with Crippen LogP contribution in [0.3, 0.4) is 0 Å². The SMILES string of the molecule is Cn1cc(-c2cc(C(F)(F)F)nc(-n3nc(-c4ccc(OC(F)F)cc4)cc3-c3ccc(OC(F)F)cc3)n2)cn1. The molecule has 15 heteroatoms. The van der Waals surface area contributed by atoms with Gasteiger partial charge in [0.15, 0.2) is 5.69 Å². The number of aromatic nitrogens is 6. The smallest absolute Gasteiger partial charge is 0.433 e. The van der Waals surface area contributed by atoms with E-state index in [4.69, 9.17) is 0 Å². The van der Waals surface area contributed by atoms with Crippen molar-refractivity contribution in [2.45, 2.75) is 19.4 Å². The average molecular weight is 578 g/mol. The highest BCUT2D eigenvalue weighted by Gasteiger charge is 2.34. The lowest BCUT2D eigenvalue weighted by Crippen LogP contribution is -2.14. The van der Waals surface area contributed by atoms with E-state index in [0.717, 1.165) is 10.7 Å². The Labute approximate surface area is 226 Å². The fourth-order valence-electron chi connectivity index (χ4n) is 3.87. The Morgan fingerprint density at radius 1 is 0.732 bits per heavy atom. The maximum atomic E-state index is 13.9. The second-order valence-electron chi connectivity index (χ2n) is 8.47. The quantitative estimate of drug-likeness (QED) is 0.193. The fourth-order valence-corrected chi connectivity index (χ4v) is 3.87. The van der Waals surface area contributed by atoms with Gasteiger partial charge in [-0.25, -0.2) is 9.97 Å². The molecule has 0 saturated carbocycles. The van der Waals surface area contributed by atoms with E-state index in [1.165, 1.54) is 71.7 Å². The first-order valence-electron chi connectivity index (χ1n) is 11.6. The third-order valence-electron chi connectivity index (χ3n) is 5.65. The highest BCUT2D eigenvalue weighted by atomic mass is 19.4. The van der Waals surface area contributed by atoms with Gasteiger partial charge in [0.05, 0.1) is 23.3 Å². The second-order valence-corrected chi connectivity index (χ2v) is 8.47. The molecule has 41 heavy (non-hydrogen) atoms. The molecule has 0 atom stereocenters. The molecule has 0 spiro atoms. The Balaban J connectivity index is 1.66. The van der Waals surface area contributed by atoms with Crippen molar-refractivity contribution in [1.29, 1.82) is 0 Å². The number of ether oxygens (including phenoxy) is 2. The van der Waals surface area contributed by atoms with Gasteiger partial charge < -0.3 is 9.47 Å². The molecular weight excluding hydrogens is 561 g/mol. The molecule has 8 nitrogen and oxygen atoms in total. The first-order chi connectivity index (χ1) is 19.5. The van der Waals surface area contributed by atoms with Gasteiger partial charge in [-0.2, -0.15) is 45.6 Å². The van der Waals surface area contributed by atoms with Crippen molar-refractivity contribution in [1.82, 2.24) is 29.5 Å². The van der Waals surface area contributed by atoms with Crippen molar-refractivity contribution in [3.63, 3.8) is 0 Å². The predicted molar refractivity (Wildman–Crippen MR) is 130 cm³/mol. The summed E-state index contributed by atoms with van der Waals surface area (Å²) in [5.74, 6) is -0.690. The molecule has 3 aromatic heterocycles. The highest BCUT2D eigenvalue weighted by Crippen LogP contribution is 2.34. The molecule has 0 amide bonds. The van der Waals surface area contributed by atoms with Crippen LogP contribution in [-0.2, 0) is 13.2 Å². The first-order valence-corrected chi connectivity index (χ1v) is 11.6. The Kier molecular flexibility index (Phi) is 7.34. The molecular formula is C26H17F7N6O2. The molecule has 0 aliphatic rings. The Bertz CT molecular complexity index is 1650. The molecule has 0 aliphatic carbocycles. The number of benzene rings is 2. The Morgan fingerprint density at radius 2 is 1.32 bits per heavy atom. The molecule has 0 unspecified atom stereocenters. The second kappa shape index (κ2) is 10.9. The lowest BCUT2D eigenvalue weighted by Gasteiger charge is -2.12. The molecule has 0 fully saturated rings. The molecule has 5 aromatic rings. The van der Waals surface area contributed by atoms with E-state index >= 15 is 0 Å². The van der Waals surface area contributed by atoms with Gasteiger partial charge in [0.25, 0.3) is 5.95 Å². The van der Waals surface area contributed by atoms with Gasteiger partial charge in [-0.05, 0) is 60.7 Å². The minimum atomic E-state index is -4.83. The van der Waals surface area contributed by atoms with Gasteiger partial charge in [0.1, 0.15) is 11.5 Å². The van der Waals surface area contributed by atoms with E-state index in [9.17, 15) is 30.7 Å². The van der Waals surface area contributed by atoms with Crippen LogP contribution in [0.4, 0.5) is 30.7 Å². The zero-order valence-corrected chi connectivity index (χ0v) is 20.7. The van der Waals surface area contributed by atoms with E-state index < -0.39 is 31.0 Å². The Morgan fingerprint density at radius 3 is 1.83 bits per heavy atom. The van der Waals surface area contributed by atoms with Crippen LogP contribution in [0.25, 0.3) is 39.7 Å². The summed E-state index contributed by atoms with van der Waals surface area (Å²) < 4.78 is 103. The van der Waals surface area contributed by atoms with Crippen molar-refractivity contribution in [2.75, 3.05) is 0 Å². The zero-order chi connectivity index (χ0) is 29.3. The van der Waals surface area contributed by atoms with Crippen LogP contribution in [0.1, 0.15) is 5.69 Å². The van der Waals surface area contributed by atoms with Crippen molar-refractivity contribution in [3.05, 3.63) is 78.8 Å². The molecule has 0 bridgehead atoms. The summed E-state index contributed by atoms with van der Waals surface area (Å²) >= 11 is 0. The zero-order valence-electron chi connectivity index (χ0n) is 20.7. The van der Waals surface area contributed by atoms with E-state index in [1.807, 2.05) is 0 Å². The number of alkyl halides is 7. The van der Waals surface area contributed by atoms with E-state index in [0.29, 0.717) is 16.7 Å². The molecule has 0 saturated heterocycles. The van der Waals surface area contributed by atoms with Crippen molar-refractivity contribution in [2.24, 2.45) is 7.05 Å². The maximum absolute atomic E-state index is 13.9. The first kappa shape index (κ1) is 27.6. The molecule has 3 heterocycles. The number of aryl methyl sites for hydroxylation is 1. The van der Waals surface area contributed by atoms with Gasteiger partial charge in [-0.1, -0.05) is 0 Å². The molecule has 212 valence electrons. The summed E-state index contributed by atoms with van der Waals surface area (Å²) in [4.78, 5) is 8.02. The lowest BCUT2D eigenvalue weighted by atomic mass is 10.1. The van der Waals surface area contributed by atoms with Gasteiger partial charge in [-0.3, -0.25) is 4.68 Å². The van der Waals surface area contributed by atoms with Crippen molar-refractivity contribution in [3.8, 4) is 51.2 Å². The number of halogens is 7. The van der Waals surface area contributed by atoms with Gasteiger partial charge in [0.2, 0.25) is 0 Å². The summed E-state index contributed by atoms with van der Waals surface area (Å²) in [6.07, 6.45) is -2.02. The van der Waals surface area contributed by atoms with Crippen molar-refractivity contribution >= 4 is 0 Å². The summed E-state index contributed by atoms with van der Waals surface area (Å²) in [6.45, 7) is -6.09. The summed E-state index contributed by atoms with van der Waals surface area (Å²) in [5, 5.41) is 8.39. The van der Waals surface area contributed by atoms with Crippen LogP contribution >= 0.6 is 0 Å². The standard InChI is InChI=1S/C26H17F7N6O2/c1-38-13-16(12-34-38)19-11-22(26(31,32)33)36-25(35-19)39-21(15-4-8-18(9-5-15)41-24(29)30)10-20(37-39)14-2-6-17(7-3-14)40-23(27)28/h2-13,23-24H,1H3. The number of nitrogens with zero attached hydrogens (tertiary/aromatic N) is 6. The molecule has 0 aliphatic heterocycles. The van der Waals surface area contributed by atoms with Crippen LogP contribution in [0, 0.1) is 0 Å². The third-order valence-corrected chi connectivity index (χ3v) is 5.65. The average Bonchev–Trinajstić information content (AvgIpc) is 3.55. The van der Waals surface area contributed by atoms with Gasteiger partial charge >= 0.3 is 19.4 Å². The van der Waals surface area contributed by atoms with Crippen molar-refractivity contribution < 1.29 is 40.2 Å². The fraction of sp³-hybridized carbons (Fsp3) is 0.154. The van der Waals surface area contributed by atoms with E-state index in [-0.39, 0.29) is 28.6 Å².